The summed E-state index contributed by atoms with van der Waals surface area (Å²) < 4.78 is 38.3. The maximum Gasteiger partial charge on any atom is 0.331 e. The SMILES string of the molecule is CO[C@]12C=C[C@](C)(O1)[C@@H](OC(=O)/C=C/c1cn(C)cn1)C[C@@H]1C(C)=CC[C@H](C(C)C)/C1=C\CCC2CO[C@@H]1OC[C@@H](O)[C@@H](O)[C@@H]1OC(C)=O. The first-order valence-corrected chi connectivity index (χ1v) is 17.2. The molecule has 1 aromatic rings. The van der Waals surface area contributed by atoms with Gasteiger partial charge < -0.3 is 43.2 Å². The topological polar surface area (TPSA) is 148 Å². The van der Waals surface area contributed by atoms with Crippen LogP contribution in [0.3, 0.4) is 0 Å². The molecule has 12 nitrogen and oxygen atoms in total. The van der Waals surface area contributed by atoms with Gasteiger partial charge in [-0.2, -0.15) is 0 Å². The molecule has 1 aromatic heterocycles. The molecule has 1 unspecified atom stereocenters. The number of aromatic nitrogens is 2. The van der Waals surface area contributed by atoms with Crippen LogP contribution >= 0.6 is 0 Å². The minimum Gasteiger partial charge on any atom is -0.456 e. The number of nitrogens with zero attached hydrogens (tertiary/aromatic N) is 2. The average molecular weight is 685 g/mol. The Bertz CT molecular complexity index is 1460. The van der Waals surface area contributed by atoms with Crippen LogP contribution in [0.1, 0.15) is 66.0 Å². The zero-order chi connectivity index (χ0) is 35.5. The molecule has 0 radical (unpaired) electrons. The van der Waals surface area contributed by atoms with Crippen molar-refractivity contribution in [2.24, 2.45) is 30.7 Å². The number of aliphatic hydroxyl groups excluding tert-OH is 2. The number of carbonyl (C=O) groups excluding carboxylic acids is 2. The molecule has 10 atom stereocenters. The van der Waals surface area contributed by atoms with E-state index in [0.29, 0.717) is 36.8 Å². The minimum absolute atomic E-state index is 0.0472. The lowest BCUT2D eigenvalue weighted by atomic mass is 9.69. The van der Waals surface area contributed by atoms with Crippen LogP contribution in [0.25, 0.3) is 6.08 Å². The third kappa shape index (κ3) is 8.27. The first-order chi connectivity index (χ1) is 23.2. The quantitative estimate of drug-likeness (QED) is 0.221. The maximum atomic E-state index is 13.4. The summed E-state index contributed by atoms with van der Waals surface area (Å²) in [6.45, 7) is 9.62. The fourth-order valence-electron chi connectivity index (χ4n) is 7.50. The summed E-state index contributed by atoms with van der Waals surface area (Å²) in [6, 6.07) is 0. The smallest absolute Gasteiger partial charge is 0.331 e. The molecule has 2 bridgehead atoms. The van der Waals surface area contributed by atoms with Gasteiger partial charge in [0.25, 0.3) is 0 Å². The maximum absolute atomic E-state index is 13.4. The van der Waals surface area contributed by atoms with Gasteiger partial charge in [0.1, 0.15) is 23.9 Å². The van der Waals surface area contributed by atoms with Crippen molar-refractivity contribution in [1.82, 2.24) is 9.55 Å². The Hall–Kier alpha value is -3.13. The lowest BCUT2D eigenvalue weighted by molar-refractivity contribution is -0.301. The molecule has 0 saturated carbocycles. The van der Waals surface area contributed by atoms with E-state index in [4.69, 9.17) is 28.4 Å². The van der Waals surface area contributed by atoms with Gasteiger partial charge in [-0.25, -0.2) is 9.78 Å². The minimum atomic E-state index is -1.38. The molecule has 12 heteroatoms. The van der Waals surface area contributed by atoms with Gasteiger partial charge in [-0.3, -0.25) is 4.79 Å². The molecule has 1 saturated heterocycles. The molecule has 0 spiro atoms. The standard InChI is InChI=1S/C37H52N2O10/c1-22(2)27-13-11-23(3)29-17-31(48-32(42)14-12-26-18-39(6)21-38-26)36(5)15-16-37(44-7,49-36)25(9-8-10-28(27)29)19-45-35-34(47-24(4)40)33(43)30(41)20-46-35/h10-12,14-16,18,21-22,25,27,29-31,33-35,41,43H,8-9,13,17,19-20H2,1-7H3/b14-12+,28-10+/t25?,27-,29-,30-,31+,33-,34+,35-,36+,37-/m1/s1. The van der Waals surface area contributed by atoms with Crippen molar-refractivity contribution in [2.45, 2.75) is 102 Å². The molecule has 1 aliphatic carbocycles. The largest absolute Gasteiger partial charge is 0.456 e. The number of rotatable bonds is 9. The number of allylic oxidation sites excluding steroid dienone is 4. The molecule has 4 aliphatic rings. The highest BCUT2D eigenvalue weighted by Gasteiger charge is 2.53. The number of esters is 2. The number of hydrogen-bond donors (Lipinski definition) is 2. The third-order valence-corrected chi connectivity index (χ3v) is 10.3. The normalized spacial score (nSPS) is 37.6. The second-order valence-corrected chi connectivity index (χ2v) is 14.2. The Kier molecular flexibility index (Phi) is 11.7. The van der Waals surface area contributed by atoms with Gasteiger partial charge in [0.2, 0.25) is 0 Å². The molecule has 49 heavy (non-hydrogen) atoms. The average Bonchev–Trinajstić information content (AvgIpc) is 3.64. The number of fused-ring (bicyclic) bond motifs is 3. The van der Waals surface area contributed by atoms with Crippen LogP contribution in [-0.4, -0.2) is 94.1 Å². The fraction of sp³-hybridized carbons (Fsp3) is 0.649. The molecule has 5 rings (SSSR count). The van der Waals surface area contributed by atoms with Crippen LogP contribution in [0.15, 0.2) is 54.1 Å². The Labute approximate surface area is 288 Å². The lowest BCUT2D eigenvalue weighted by Crippen LogP contribution is -2.56. The van der Waals surface area contributed by atoms with Crippen molar-refractivity contribution in [2.75, 3.05) is 20.3 Å². The van der Waals surface area contributed by atoms with Gasteiger partial charge >= 0.3 is 11.9 Å². The van der Waals surface area contributed by atoms with Crippen molar-refractivity contribution in [3.05, 3.63) is 59.7 Å². The van der Waals surface area contributed by atoms with Crippen molar-refractivity contribution in [3.8, 4) is 0 Å². The molecular weight excluding hydrogens is 632 g/mol. The van der Waals surface area contributed by atoms with Gasteiger partial charge in [-0.05, 0) is 69.6 Å². The third-order valence-electron chi connectivity index (χ3n) is 10.3. The van der Waals surface area contributed by atoms with Gasteiger partial charge in [-0.1, -0.05) is 37.1 Å². The van der Waals surface area contributed by atoms with Crippen LogP contribution in [0.2, 0.25) is 0 Å². The number of ether oxygens (including phenoxy) is 6. The van der Waals surface area contributed by atoms with E-state index in [2.05, 4.69) is 37.9 Å². The Morgan fingerprint density at radius 3 is 2.65 bits per heavy atom. The van der Waals surface area contributed by atoms with E-state index < -0.39 is 60.0 Å². The van der Waals surface area contributed by atoms with E-state index in [0.717, 1.165) is 6.42 Å². The Morgan fingerprint density at radius 1 is 1.20 bits per heavy atom. The summed E-state index contributed by atoms with van der Waals surface area (Å²) in [4.78, 5) is 29.5. The Morgan fingerprint density at radius 2 is 1.98 bits per heavy atom. The zero-order valence-corrected chi connectivity index (χ0v) is 29.6. The first kappa shape index (κ1) is 37.1. The van der Waals surface area contributed by atoms with E-state index in [1.807, 2.05) is 32.3 Å². The molecule has 2 N–H and O–H groups in total. The van der Waals surface area contributed by atoms with Gasteiger partial charge in [0.05, 0.1) is 25.2 Å². The van der Waals surface area contributed by atoms with E-state index in [9.17, 15) is 19.8 Å². The highest BCUT2D eigenvalue weighted by Crippen LogP contribution is 2.48. The number of aryl methyl sites for hydroxylation is 1. The lowest BCUT2D eigenvalue weighted by Gasteiger charge is -2.42. The fourth-order valence-corrected chi connectivity index (χ4v) is 7.50. The van der Waals surface area contributed by atoms with Crippen molar-refractivity contribution >= 4 is 18.0 Å². The predicted molar refractivity (Wildman–Crippen MR) is 179 cm³/mol. The predicted octanol–water partition coefficient (Wildman–Crippen LogP) is 4.02. The summed E-state index contributed by atoms with van der Waals surface area (Å²) >= 11 is 0. The number of carbonyl (C=O) groups is 2. The number of methoxy groups -OCH3 is 1. The summed E-state index contributed by atoms with van der Waals surface area (Å²) in [6.07, 6.45) is 12.0. The van der Waals surface area contributed by atoms with Gasteiger partial charge in [-0.15, -0.1) is 0 Å². The van der Waals surface area contributed by atoms with E-state index in [1.165, 1.54) is 24.1 Å². The summed E-state index contributed by atoms with van der Waals surface area (Å²) in [5, 5.41) is 20.8. The van der Waals surface area contributed by atoms with Crippen molar-refractivity contribution in [1.29, 1.82) is 0 Å². The van der Waals surface area contributed by atoms with E-state index in [1.54, 1.807) is 24.1 Å². The number of imidazole rings is 1. The highest BCUT2D eigenvalue weighted by molar-refractivity contribution is 5.86. The van der Waals surface area contributed by atoms with Crippen LogP contribution in [0.5, 0.6) is 0 Å². The number of hydrogen-bond acceptors (Lipinski definition) is 11. The zero-order valence-electron chi connectivity index (χ0n) is 29.6. The molecule has 270 valence electrons. The van der Waals surface area contributed by atoms with Crippen molar-refractivity contribution < 1.29 is 48.2 Å². The highest BCUT2D eigenvalue weighted by atomic mass is 16.7. The second-order valence-electron chi connectivity index (χ2n) is 14.2. The van der Waals surface area contributed by atoms with Crippen LogP contribution in [-0.2, 0) is 45.1 Å². The second kappa shape index (κ2) is 15.4. The molecule has 0 amide bonds. The summed E-state index contributed by atoms with van der Waals surface area (Å²) in [7, 11) is 3.43. The van der Waals surface area contributed by atoms with Gasteiger partial charge in [0.15, 0.2) is 18.2 Å². The van der Waals surface area contributed by atoms with E-state index >= 15 is 0 Å². The van der Waals surface area contributed by atoms with Crippen LogP contribution in [0, 0.1) is 23.7 Å². The Balaban J connectivity index is 1.47. The monoisotopic (exact) mass is 684 g/mol. The summed E-state index contributed by atoms with van der Waals surface area (Å²) in [5.74, 6) is -2.02. The first-order valence-electron chi connectivity index (χ1n) is 17.2. The molecule has 3 aliphatic heterocycles. The van der Waals surface area contributed by atoms with Crippen LogP contribution < -0.4 is 0 Å². The summed E-state index contributed by atoms with van der Waals surface area (Å²) in [5.41, 5.74) is 2.15. The van der Waals surface area contributed by atoms with Crippen molar-refractivity contribution in [3.63, 3.8) is 0 Å². The number of aliphatic hydroxyl groups is 2. The molecular formula is C37H52N2O10. The van der Waals surface area contributed by atoms with Crippen LogP contribution in [0.4, 0.5) is 0 Å². The van der Waals surface area contributed by atoms with E-state index in [-0.39, 0.29) is 19.1 Å². The molecule has 1 fully saturated rings. The molecule has 4 heterocycles. The van der Waals surface area contributed by atoms with Gasteiger partial charge in [0, 0.05) is 45.2 Å². The molecule has 0 aromatic carbocycles.